The van der Waals surface area contributed by atoms with Crippen molar-refractivity contribution in [2.75, 3.05) is 25.0 Å². The number of fused-ring (bicyclic) bond motifs is 1. The minimum Gasteiger partial charge on any atom is -0.359 e. The van der Waals surface area contributed by atoms with Crippen LogP contribution >= 0.6 is 0 Å². The highest BCUT2D eigenvalue weighted by Gasteiger charge is 2.28. The fourth-order valence-electron chi connectivity index (χ4n) is 3.23. The molecule has 4 heteroatoms. The van der Waals surface area contributed by atoms with Gasteiger partial charge in [-0.2, -0.15) is 0 Å². The second-order valence-electron chi connectivity index (χ2n) is 6.25. The smallest absolute Gasteiger partial charge is 0.224 e. The van der Waals surface area contributed by atoms with Crippen LogP contribution in [-0.4, -0.2) is 31.0 Å². The zero-order valence-electron chi connectivity index (χ0n) is 13.7. The summed E-state index contributed by atoms with van der Waals surface area (Å²) in [6, 6.07) is 6.45. The van der Waals surface area contributed by atoms with Gasteiger partial charge in [0.05, 0.1) is 11.4 Å². The molecule has 4 nitrogen and oxygen atoms in total. The molecule has 1 unspecified atom stereocenters. The van der Waals surface area contributed by atoms with Crippen LogP contribution in [0.2, 0.25) is 0 Å². The standard InChI is InChI=1S/C18H23N3O/c1-11-5-6-15-12(2)9-16(20-17(15)13(11)3)21-8-7-14(10-21)18(22)19-4/h5-6,9,14H,7-8,10H2,1-4H3,(H,19,22). The highest BCUT2D eigenvalue weighted by atomic mass is 16.1. The monoisotopic (exact) mass is 297 g/mol. The van der Waals surface area contributed by atoms with Crippen molar-refractivity contribution in [1.29, 1.82) is 0 Å². The number of hydrogen-bond acceptors (Lipinski definition) is 3. The highest BCUT2D eigenvalue weighted by molar-refractivity contribution is 5.87. The zero-order chi connectivity index (χ0) is 15.9. The van der Waals surface area contributed by atoms with Gasteiger partial charge in [0, 0.05) is 25.5 Å². The number of aryl methyl sites for hydroxylation is 3. The third kappa shape index (κ3) is 2.43. The quantitative estimate of drug-likeness (QED) is 0.927. The van der Waals surface area contributed by atoms with Crippen molar-refractivity contribution >= 4 is 22.6 Å². The molecule has 1 N–H and O–H groups in total. The number of rotatable bonds is 2. The highest BCUT2D eigenvalue weighted by Crippen LogP contribution is 2.29. The largest absolute Gasteiger partial charge is 0.359 e. The predicted octanol–water partition coefficient (Wildman–Crippen LogP) is 2.73. The van der Waals surface area contributed by atoms with E-state index in [0.717, 1.165) is 30.8 Å². The molecule has 2 heterocycles. The van der Waals surface area contributed by atoms with E-state index in [1.54, 1.807) is 7.05 Å². The molecule has 1 aromatic carbocycles. The van der Waals surface area contributed by atoms with E-state index in [4.69, 9.17) is 4.98 Å². The molecule has 1 aliphatic heterocycles. The Hall–Kier alpha value is -2.10. The summed E-state index contributed by atoms with van der Waals surface area (Å²) in [6.45, 7) is 8.03. The van der Waals surface area contributed by atoms with Gasteiger partial charge in [-0.05, 0) is 49.9 Å². The van der Waals surface area contributed by atoms with Crippen molar-refractivity contribution < 1.29 is 4.79 Å². The van der Waals surface area contributed by atoms with Crippen LogP contribution in [0.3, 0.4) is 0 Å². The molecular formula is C18H23N3O. The molecule has 3 rings (SSSR count). The fraction of sp³-hybridized carbons (Fsp3) is 0.444. The first kappa shape index (κ1) is 14.8. The summed E-state index contributed by atoms with van der Waals surface area (Å²) in [5.74, 6) is 1.19. The Balaban J connectivity index is 1.99. The van der Waals surface area contributed by atoms with E-state index in [1.165, 1.54) is 22.1 Å². The van der Waals surface area contributed by atoms with Gasteiger partial charge < -0.3 is 10.2 Å². The Morgan fingerprint density at radius 3 is 2.77 bits per heavy atom. The topological polar surface area (TPSA) is 45.2 Å². The van der Waals surface area contributed by atoms with E-state index in [1.807, 2.05) is 0 Å². The average molecular weight is 297 g/mol. The predicted molar refractivity (Wildman–Crippen MR) is 90.3 cm³/mol. The van der Waals surface area contributed by atoms with Crippen LogP contribution in [0.5, 0.6) is 0 Å². The average Bonchev–Trinajstić information content (AvgIpc) is 3.00. The van der Waals surface area contributed by atoms with Crippen LogP contribution < -0.4 is 10.2 Å². The van der Waals surface area contributed by atoms with Crippen LogP contribution in [0, 0.1) is 26.7 Å². The van der Waals surface area contributed by atoms with Gasteiger partial charge in [0.2, 0.25) is 5.91 Å². The first-order valence-electron chi connectivity index (χ1n) is 7.85. The number of nitrogens with zero attached hydrogens (tertiary/aromatic N) is 2. The molecule has 1 aromatic heterocycles. The Kier molecular flexibility index (Phi) is 3.77. The van der Waals surface area contributed by atoms with Gasteiger partial charge in [-0.1, -0.05) is 12.1 Å². The van der Waals surface area contributed by atoms with Crippen LogP contribution in [0.25, 0.3) is 10.9 Å². The second kappa shape index (κ2) is 5.59. The first-order valence-corrected chi connectivity index (χ1v) is 7.85. The molecule has 0 aliphatic carbocycles. The molecule has 0 bridgehead atoms. The van der Waals surface area contributed by atoms with Crippen molar-refractivity contribution in [3.63, 3.8) is 0 Å². The van der Waals surface area contributed by atoms with Gasteiger partial charge in [-0.15, -0.1) is 0 Å². The van der Waals surface area contributed by atoms with E-state index in [2.05, 4.69) is 49.2 Å². The van der Waals surface area contributed by atoms with Crippen LogP contribution in [0.1, 0.15) is 23.1 Å². The fourth-order valence-corrected chi connectivity index (χ4v) is 3.23. The Morgan fingerprint density at radius 1 is 1.27 bits per heavy atom. The summed E-state index contributed by atoms with van der Waals surface area (Å²) in [6.07, 6.45) is 0.894. The molecule has 22 heavy (non-hydrogen) atoms. The normalized spacial score (nSPS) is 18.0. The summed E-state index contributed by atoms with van der Waals surface area (Å²) < 4.78 is 0. The Bertz CT molecular complexity index is 739. The third-order valence-electron chi connectivity index (χ3n) is 4.83. The number of carbonyl (C=O) groups excluding carboxylic acids is 1. The van der Waals surface area contributed by atoms with E-state index in [-0.39, 0.29) is 11.8 Å². The molecule has 0 radical (unpaired) electrons. The lowest BCUT2D eigenvalue weighted by Gasteiger charge is -2.19. The van der Waals surface area contributed by atoms with Crippen LogP contribution in [0.15, 0.2) is 18.2 Å². The molecular weight excluding hydrogens is 274 g/mol. The van der Waals surface area contributed by atoms with E-state index in [0.29, 0.717) is 0 Å². The van der Waals surface area contributed by atoms with Crippen molar-refractivity contribution in [2.45, 2.75) is 27.2 Å². The lowest BCUT2D eigenvalue weighted by molar-refractivity contribution is -0.123. The minimum absolute atomic E-state index is 0.0707. The molecule has 1 atom stereocenters. The molecule has 116 valence electrons. The zero-order valence-corrected chi connectivity index (χ0v) is 13.7. The maximum atomic E-state index is 11.8. The first-order chi connectivity index (χ1) is 10.5. The number of anilines is 1. The summed E-state index contributed by atoms with van der Waals surface area (Å²) in [7, 11) is 1.70. The Morgan fingerprint density at radius 2 is 2.05 bits per heavy atom. The van der Waals surface area contributed by atoms with Gasteiger partial charge in [0.25, 0.3) is 0 Å². The number of aromatic nitrogens is 1. The summed E-state index contributed by atoms with van der Waals surface area (Å²) >= 11 is 0. The van der Waals surface area contributed by atoms with Gasteiger partial charge >= 0.3 is 0 Å². The van der Waals surface area contributed by atoms with Gasteiger partial charge in [0.15, 0.2) is 0 Å². The molecule has 1 fully saturated rings. The maximum Gasteiger partial charge on any atom is 0.224 e. The van der Waals surface area contributed by atoms with Gasteiger partial charge in [0.1, 0.15) is 5.82 Å². The number of nitrogens with one attached hydrogen (secondary N) is 1. The van der Waals surface area contributed by atoms with E-state index in [9.17, 15) is 4.79 Å². The summed E-state index contributed by atoms with van der Waals surface area (Å²) in [5, 5.41) is 3.97. The summed E-state index contributed by atoms with van der Waals surface area (Å²) in [5.41, 5.74) is 4.83. The Labute approximate surface area is 131 Å². The maximum absolute atomic E-state index is 11.8. The van der Waals surface area contributed by atoms with E-state index >= 15 is 0 Å². The number of carbonyl (C=O) groups is 1. The molecule has 1 saturated heterocycles. The summed E-state index contributed by atoms with van der Waals surface area (Å²) in [4.78, 5) is 18.9. The van der Waals surface area contributed by atoms with Crippen LogP contribution in [0.4, 0.5) is 5.82 Å². The number of benzene rings is 1. The second-order valence-corrected chi connectivity index (χ2v) is 6.25. The molecule has 1 amide bonds. The van der Waals surface area contributed by atoms with Crippen molar-refractivity contribution in [3.05, 3.63) is 34.9 Å². The van der Waals surface area contributed by atoms with Crippen LogP contribution in [-0.2, 0) is 4.79 Å². The number of amides is 1. The SMILES string of the molecule is CNC(=O)C1CCN(c2cc(C)c3ccc(C)c(C)c3n2)C1. The van der Waals surface area contributed by atoms with Crippen molar-refractivity contribution in [1.82, 2.24) is 10.3 Å². The van der Waals surface area contributed by atoms with Crippen molar-refractivity contribution in [2.24, 2.45) is 5.92 Å². The van der Waals surface area contributed by atoms with Gasteiger partial charge in [-0.25, -0.2) is 4.98 Å². The van der Waals surface area contributed by atoms with Gasteiger partial charge in [-0.3, -0.25) is 4.79 Å². The number of pyridine rings is 1. The lowest BCUT2D eigenvalue weighted by atomic mass is 10.0. The molecule has 1 aliphatic rings. The third-order valence-corrected chi connectivity index (χ3v) is 4.83. The molecule has 0 saturated carbocycles. The van der Waals surface area contributed by atoms with E-state index < -0.39 is 0 Å². The lowest BCUT2D eigenvalue weighted by Crippen LogP contribution is -2.30. The molecule has 2 aromatic rings. The number of hydrogen-bond donors (Lipinski definition) is 1. The minimum atomic E-state index is 0.0707. The molecule has 0 spiro atoms. The van der Waals surface area contributed by atoms with Crippen molar-refractivity contribution in [3.8, 4) is 0 Å².